The summed E-state index contributed by atoms with van der Waals surface area (Å²) in [6.45, 7) is 4.46. The second-order valence-electron chi connectivity index (χ2n) is 7.04. The fourth-order valence-corrected chi connectivity index (χ4v) is 4.09. The zero-order chi connectivity index (χ0) is 15.2. The van der Waals surface area contributed by atoms with Crippen LogP contribution in [0.2, 0.25) is 5.02 Å². The van der Waals surface area contributed by atoms with Gasteiger partial charge in [-0.05, 0) is 47.4 Å². The number of carbonyl (C=O) groups excluding carboxylic acids is 1. The molecule has 2 aliphatic rings. The second-order valence-corrected chi connectivity index (χ2v) is 7.45. The average Bonchev–Trinajstić information content (AvgIpc) is 2.75. The van der Waals surface area contributed by atoms with E-state index in [2.05, 4.69) is 19.2 Å². The Morgan fingerprint density at radius 2 is 2.14 bits per heavy atom. The first-order valence-corrected chi connectivity index (χ1v) is 8.06. The maximum Gasteiger partial charge on any atom is 0.228 e. The highest BCUT2D eigenvalue weighted by Crippen LogP contribution is 2.48. The molecule has 0 spiro atoms. The molecule has 4 heteroatoms. The number of fused-ring (bicyclic) bond motifs is 1. The van der Waals surface area contributed by atoms with Crippen molar-refractivity contribution in [2.75, 3.05) is 5.32 Å². The van der Waals surface area contributed by atoms with Crippen molar-refractivity contribution in [2.24, 2.45) is 11.3 Å². The van der Waals surface area contributed by atoms with Gasteiger partial charge in [0.05, 0.1) is 12.5 Å². The van der Waals surface area contributed by atoms with E-state index in [1.165, 1.54) is 6.42 Å². The zero-order valence-electron chi connectivity index (χ0n) is 12.6. The van der Waals surface area contributed by atoms with Crippen molar-refractivity contribution >= 4 is 23.2 Å². The molecule has 1 saturated carbocycles. The van der Waals surface area contributed by atoms with E-state index in [1.54, 1.807) is 6.07 Å². The Labute approximate surface area is 130 Å². The molecule has 0 aromatic heterocycles. The summed E-state index contributed by atoms with van der Waals surface area (Å²) >= 11 is 6.35. The Hall–Kier alpha value is -1.06. The Kier molecular flexibility index (Phi) is 3.74. The predicted molar refractivity (Wildman–Crippen MR) is 84.5 cm³/mol. The van der Waals surface area contributed by atoms with Crippen molar-refractivity contribution in [3.8, 4) is 0 Å². The van der Waals surface area contributed by atoms with Crippen LogP contribution in [0.25, 0.3) is 0 Å². The Balaban J connectivity index is 1.93. The number of hydrogen-bond acceptors (Lipinski definition) is 2. The van der Waals surface area contributed by atoms with Gasteiger partial charge in [-0.25, -0.2) is 0 Å². The molecule has 1 heterocycles. The topological polar surface area (TPSA) is 49.3 Å². The van der Waals surface area contributed by atoms with Crippen molar-refractivity contribution < 1.29 is 9.90 Å². The number of aliphatic hydroxyl groups is 1. The zero-order valence-corrected chi connectivity index (χ0v) is 13.3. The molecule has 1 aliphatic heterocycles. The molecule has 2 unspecified atom stereocenters. The van der Waals surface area contributed by atoms with E-state index in [0.717, 1.165) is 36.1 Å². The lowest BCUT2D eigenvalue weighted by Crippen LogP contribution is -2.32. The van der Waals surface area contributed by atoms with Crippen LogP contribution in [0.1, 0.15) is 56.8 Å². The smallest absolute Gasteiger partial charge is 0.228 e. The quantitative estimate of drug-likeness (QED) is 0.864. The van der Waals surface area contributed by atoms with Crippen molar-refractivity contribution in [1.29, 1.82) is 0 Å². The Morgan fingerprint density at radius 3 is 2.86 bits per heavy atom. The van der Waals surface area contributed by atoms with Crippen molar-refractivity contribution in [2.45, 2.75) is 52.1 Å². The minimum absolute atomic E-state index is 0.00861. The van der Waals surface area contributed by atoms with Gasteiger partial charge in [-0.15, -0.1) is 0 Å². The number of rotatable bonds is 2. The minimum atomic E-state index is -0.561. The third-order valence-electron chi connectivity index (χ3n) is 5.14. The van der Waals surface area contributed by atoms with Crippen LogP contribution in [-0.4, -0.2) is 11.0 Å². The molecule has 3 nitrogen and oxygen atoms in total. The molecule has 0 radical (unpaired) electrons. The summed E-state index contributed by atoms with van der Waals surface area (Å²) in [5.41, 5.74) is 2.61. The highest BCUT2D eigenvalue weighted by molar-refractivity contribution is 6.32. The molecule has 1 aromatic carbocycles. The number of nitrogens with one attached hydrogen (secondary N) is 1. The summed E-state index contributed by atoms with van der Waals surface area (Å²) in [5, 5.41) is 14.2. The number of hydrogen-bond donors (Lipinski definition) is 2. The second kappa shape index (κ2) is 5.29. The lowest BCUT2D eigenvalue weighted by molar-refractivity contribution is -0.115. The van der Waals surface area contributed by atoms with Crippen LogP contribution in [0.5, 0.6) is 0 Å². The van der Waals surface area contributed by atoms with Crippen LogP contribution >= 0.6 is 11.6 Å². The van der Waals surface area contributed by atoms with Crippen molar-refractivity contribution in [1.82, 2.24) is 0 Å². The summed E-state index contributed by atoms with van der Waals surface area (Å²) in [6.07, 6.45) is 4.37. The first-order chi connectivity index (χ1) is 9.88. The van der Waals surface area contributed by atoms with Crippen LogP contribution in [0.3, 0.4) is 0 Å². The van der Waals surface area contributed by atoms with Gasteiger partial charge >= 0.3 is 0 Å². The van der Waals surface area contributed by atoms with Gasteiger partial charge in [0, 0.05) is 10.7 Å². The van der Waals surface area contributed by atoms with E-state index in [4.69, 9.17) is 11.6 Å². The molecule has 2 N–H and O–H groups in total. The minimum Gasteiger partial charge on any atom is -0.388 e. The summed E-state index contributed by atoms with van der Waals surface area (Å²) < 4.78 is 0. The molecule has 21 heavy (non-hydrogen) atoms. The van der Waals surface area contributed by atoms with Gasteiger partial charge in [0.1, 0.15) is 0 Å². The molecular weight excluding hydrogens is 286 g/mol. The van der Waals surface area contributed by atoms with E-state index >= 15 is 0 Å². The third kappa shape index (κ3) is 2.69. The number of aliphatic hydroxyl groups excluding tert-OH is 1. The Morgan fingerprint density at radius 1 is 1.38 bits per heavy atom. The number of anilines is 1. The normalized spacial score (nSPS) is 25.3. The molecule has 114 valence electrons. The fourth-order valence-electron chi connectivity index (χ4n) is 3.82. The number of carbonyl (C=O) groups is 1. The molecule has 1 fully saturated rings. The highest BCUT2D eigenvalue weighted by atomic mass is 35.5. The van der Waals surface area contributed by atoms with E-state index in [0.29, 0.717) is 11.4 Å². The molecule has 1 aromatic rings. The first-order valence-electron chi connectivity index (χ1n) is 7.69. The molecule has 0 saturated heterocycles. The van der Waals surface area contributed by atoms with E-state index in [-0.39, 0.29) is 17.2 Å². The molecule has 0 bridgehead atoms. The van der Waals surface area contributed by atoms with Crippen LogP contribution in [0, 0.1) is 11.3 Å². The lowest BCUT2D eigenvalue weighted by Gasteiger charge is -2.41. The van der Waals surface area contributed by atoms with Gasteiger partial charge < -0.3 is 10.4 Å². The van der Waals surface area contributed by atoms with Crippen LogP contribution in [-0.2, 0) is 11.2 Å². The maximum absolute atomic E-state index is 11.5. The predicted octanol–water partition coefficient (Wildman–Crippen LogP) is 4.08. The molecular formula is C17H22ClNO2. The summed E-state index contributed by atoms with van der Waals surface area (Å²) in [4.78, 5) is 11.5. The lowest BCUT2D eigenvalue weighted by atomic mass is 9.65. The van der Waals surface area contributed by atoms with Gasteiger partial charge in [0.25, 0.3) is 0 Å². The van der Waals surface area contributed by atoms with Gasteiger partial charge in [-0.1, -0.05) is 38.3 Å². The SMILES string of the molecule is CC1(C)CCCCC1C(O)c1cc2c(cc1Cl)NC(=O)C2. The van der Waals surface area contributed by atoms with Crippen LogP contribution in [0.15, 0.2) is 12.1 Å². The monoisotopic (exact) mass is 307 g/mol. The molecule has 1 amide bonds. The fraction of sp³-hybridized carbons (Fsp3) is 0.588. The molecule has 2 atom stereocenters. The van der Waals surface area contributed by atoms with Crippen LogP contribution in [0.4, 0.5) is 5.69 Å². The summed E-state index contributed by atoms with van der Waals surface area (Å²) in [6, 6.07) is 3.68. The standard InChI is InChI=1S/C17H22ClNO2/c1-17(2)6-4-3-5-12(17)16(21)11-7-10-8-15(20)19-14(10)9-13(11)18/h7,9,12,16,21H,3-6,8H2,1-2H3,(H,19,20). The van der Waals surface area contributed by atoms with Gasteiger partial charge in [0.2, 0.25) is 5.91 Å². The average molecular weight is 308 g/mol. The third-order valence-corrected chi connectivity index (χ3v) is 5.46. The highest BCUT2D eigenvalue weighted by Gasteiger charge is 2.38. The van der Waals surface area contributed by atoms with Crippen LogP contribution < -0.4 is 5.32 Å². The first kappa shape index (κ1) is 14.9. The number of benzene rings is 1. The number of halogens is 1. The van der Waals surface area contributed by atoms with Gasteiger partial charge in [0.15, 0.2) is 0 Å². The molecule has 1 aliphatic carbocycles. The van der Waals surface area contributed by atoms with Crippen molar-refractivity contribution in [3.63, 3.8) is 0 Å². The van der Waals surface area contributed by atoms with Gasteiger partial charge in [-0.3, -0.25) is 4.79 Å². The Bertz CT molecular complexity index is 582. The van der Waals surface area contributed by atoms with E-state index < -0.39 is 6.10 Å². The largest absolute Gasteiger partial charge is 0.388 e. The summed E-state index contributed by atoms with van der Waals surface area (Å²) in [5.74, 6) is 0.206. The van der Waals surface area contributed by atoms with Crippen molar-refractivity contribution in [3.05, 3.63) is 28.3 Å². The van der Waals surface area contributed by atoms with E-state index in [9.17, 15) is 9.90 Å². The number of amides is 1. The van der Waals surface area contributed by atoms with E-state index in [1.807, 2.05) is 6.07 Å². The maximum atomic E-state index is 11.5. The molecule has 3 rings (SSSR count). The van der Waals surface area contributed by atoms with Gasteiger partial charge in [-0.2, -0.15) is 0 Å². The summed E-state index contributed by atoms with van der Waals surface area (Å²) in [7, 11) is 0.